The number of rotatable bonds is 3. The van der Waals surface area contributed by atoms with Gasteiger partial charge >= 0.3 is 0 Å². The van der Waals surface area contributed by atoms with E-state index >= 15 is 0 Å². The summed E-state index contributed by atoms with van der Waals surface area (Å²) >= 11 is 3.44. The molecule has 3 atom stereocenters. The van der Waals surface area contributed by atoms with Crippen LogP contribution in [0.3, 0.4) is 0 Å². The van der Waals surface area contributed by atoms with E-state index < -0.39 is 0 Å². The zero-order chi connectivity index (χ0) is 13.1. The Morgan fingerprint density at radius 1 is 1.28 bits per heavy atom. The first-order chi connectivity index (χ1) is 8.56. The third kappa shape index (κ3) is 3.48. The van der Waals surface area contributed by atoms with Gasteiger partial charge in [-0.15, -0.1) is 0 Å². The molecular formula is C15H22BrNO. The lowest BCUT2D eigenvalue weighted by Gasteiger charge is -2.32. The number of phenolic OH excluding ortho intramolecular Hbond substituents is 1. The molecule has 1 saturated carbocycles. The minimum absolute atomic E-state index is 0.378. The molecule has 0 spiro atoms. The van der Waals surface area contributed by atoms with Crippen LogP contribution < -0.4 is 5.32 Å². The highest BCUT2D eigenvalue weighted by molar-refractivity contribution is 9.10. The van der Waals surface area contributed by atoms with Gasteiger partial charge in [-0.2, -0.15) is 0 Å². The van der Waals surface area contributed by atoms with Crippen molar-refractivity contribution in [2.75, 3.05) is 0 Å². The maximum absolute atomic E-state index is 9.80. The molecule has 1 aromatic carbocycles. The van der Waals surface area contributed by atoms with Crippen molar-refractivity contribution in [1.82, 2.24) is 5.32 Å². The third-order valence-corrected chi connectivity index (χ3v) is 4.71. The van der Waals surface area contributed by atoms with E-state index in [-0.39, 0.29) is 0 Å². The lowest BCUT2D eigenvalue weighted by molar-refractivity contribution is 0.225. The molecule has 0 bridgehead atoms. The minimum atomic E-state index is 0.378. The Labute approximate surface area is 118 Å². The van der Waals surface area contributed by atoms with Gasteiger partial charge in [-0.3, -0.25) is 0 Å². The van der Waals surface area contributed by atoms with Crippen LogP contribution in [0.15, 0.2) is 22.7 Å². The second kappa shape index (κ2) is 6.07. The molecule has 2 rings (SSSR count). The second-order valence-corrected chi connectivity index (χ2v) is 6.53. The Bertz CT molecular complexity index is 407. The molecule has 0 amide bonds. The fourth-order valence-electron chi connectivity index (χ4n) is 2.68. The van der Waals surface area contributed by atoms with Crippen LogP contribution in [0.1, 0.15) is 38.7 Å². The molecule has 0 heterocycles. The van der Waals surface area contributed by atoms with Crippen molar-refractivity contribution in [3.8, 4) is 5.75 Å². The van der Waals surface area contributed by atoms with Crippen molar-refractivity contribution in [2.24, 2.45) is 11.8 Å². The molecule has 1 aromatic rings. The molecular weight excluding hydrogens is 290 g/mol. The summed E-state index contributed by atoms with van der Waals surface area (Å²) in [5.74, 6) is 2.03. The second-order valence-electron chi connectivity index (χ2n) is 5.62. The van der Waals surface area contributed by atoms with Gasteiger partial charge in [0, 0.05) is 22.6 Å². The number of hydrogen-bond acceptors (Lipinski definition) is 2. The van der Waals surface area contributed by atoms with Crippen molar-refractivity contribution in [2.45, 2.75) is 45.7 Å². The Morgan fingerprint density at radius 2 is 2.06 bits per heavy atom. The lowest BCUT2D eigenvalue weighted by atomic mass is 9.79. The van der Waals surface area contributed by atoms with Gasteiger partial charge in [0.15, 0.2) is 0 Å². The molecule has 1 aliphatic rings. The molecule has 2 nitrogen and oxygen atoms in total. The van der Waals surface area contributed by atoms with Crippen LogP contribution in [0.4, 0.5) is 0 Å². The molecule has 3 heteroatoms. The van der Waals surface area contributed by atoms with E-state index in [0.29, 0.717) is 11.8 Å². The van der Waals surface area contributed by atoms with Crippen LogP contribution in [0.25, 0.3) is 0 Å². The zero-order valence-corrected chi connectivity index (χ0v) is 12.7. The van der Waals surface area contributed by atoms with Crippen molar-refractivity contribution >= 4 is 15.9 Å². The summed E-state index contributed by atoms with van der Waals surface area (Å²) in [5, 5.41) is 13.4. The zero-order valence-electron chi connectivity index (χ0n) is 11.1. The summed E-state index contributed by atoms with van der Waals surface area (Å²) in [4.78, 5) is 0. The van der Waals surface area contributed by atoms with Crippen LogP contribution in [0.2, 0.25) is 0 Å². The summed E-state index contributed by atoms with van der Waals surface area (Å²) < 4.78 is 1.02. The van der Waals surface area contributed by atoms with Crippen LogP contribution >= 0.6 is 15.9 Å². The summed E-state index contributed by atoms with van der Waals surface area (Å²) in [5.41, 5.74) is 0.968. The van der Waals surface area contributed by atoms with E-state index in [4.69, 9.17) is 0 Å². The van der Waals surface area contributed by atoms with E-state index in [1.165, 1.54) is 19.3 Å². The first-order valence-electron chi connectivity index (χ1n) is 6.77. The average molecular weight is 312 g/mol. The fraction of sp³-hybridized carbons (Fsp3) is 0.600. The Morgan fingerprint density at radius 3 is 2.78 bits per heavy atom. The molecule has 18 heavy (non-hydrogen) atoms. The summed E-state index contributed by atoms with van der Waals surface area (Å²) in [6.45, 7) is 5.44. The average Bonchev–Trinajstić information content (AvgIpc) is 2.34. The predicted octanol–water partition coefficient (Wildman–Crippen LogP) is 4.07. The monoisotopic (exact) mass is 311 g/mol. The lowest BCUT2D eigenvalue weighted by Crippen LogP contribution is -2.35. The molecule has 0 aliphatic heterocycles. The summed E-state index contributed by atoms with van der Waals surface area (Å²) in [6.07, 6.45) is 3.81. The largest absolute Gasteiger partial charge is 0.508 e. The first kappa shape index (κ1) is 13.9. The summed E-state index contributed by atoms with van der Waals surface area (Å²) in [7, 11) is 0. The number of hydrogen-bond donors (Lipinski definition) is 2. The minimum Gasteiger partial charge on any atom is -0.508 e. The van der Waals surface area contributed by atoms with E-state index in [9.17, 15) is 5.11 Å². The van der Waals surface area contributed by atoms with E-state index in [1.54, 1.807) is 6.07 Å². The maximum atomic E-state index is 9.80. The van der Waals surface area contributed by atoms with Crippen molar-refractivity contribution in [3.63, 3.8) is 0 Å². The molecule has 1 fully saturated rings. The smallest absolute Gasteiger partial charge is 0.120 e. The van der Waals surface area contributed by atoms with E-state index in [0.717, 1.165) is 28.4 Å². The predicted molar refractivity (Wildman–Crippen MR) is 78.6 cm³/mol. The maximum Gasteiger partial charge on any atom is 0.120 e. The first-order valence-corrected chi connectivity index (χ1v) is 7.56. The topological polar surface area (TPSA) is 32.3 Å². The molecule has 0 saturated heterocycles. The van der Waals surface area contributed by atoms with Gasteiger partial charge in [-0.05, 0) is 49.3 Å². The third-order valence-electron chi connectivity index (χ3n) is 4.22. The van der Waals surface area contributed by atoms with Gasteiger partial charge in [-0.1, -0.05) is 29.8 Å². The van der Waals surface area contributed by atoms with Crippen LogP contribution in [0.5, 0.6) is 5.75 Å². The molecule has 100 valence electrons. The van der Waals surface area contributed by atoms with E-state index in [1.807, 2.05) is 12.1 Å². The van der Waals surface area contributed by atoms with Crippen LogP contribution in [0, 0.1) is 11.8 Å². The molecule has 2 N–H and O–H groups in total. The highest BCUT2D eigenvalue weighted by Gasteiger charge is 2.24. The highest BCUT2D eigenvalue weighted by Crippen LogP contribution is 2.30. The molecule has 1 aliphatic carbocycles. The summed E-state index contributed by atoms with van der Waals surface area (Å²) in [6, 6.07) is 6.18. The Kier molecular flexibility index (Phi) is 4.68. The van der Waals surface area contributed by atoms with Crippen LogP contribution in [-0.2, 0) is 6.54 Å². The molecule has 0 aromatic heterocycles. The van der Waals surface area contributed by atoms with E-state index in [2.05, 4.69) is 35.1 Å². The van der Waals surface area contributed by atoms with Crippen molar-refractivity contribution in [3.05, 3.63) is 28.2 Å². The number of nitrogens with one attached hydrogen (secondary N) is 1. The van der Waals surface area contributed by atoms with Gasteiger partial charge in [0.1, 0.15) is 5.75 Å². The van der Waals surface area contributed by atoms with Gasteiger partial charge in [-0.25, -0.2) is 0 Å². The quantitative estimate of drug-likeness (QED) is 0.882. The SMILES string of the molecule is CC1CCC(NCc2cc(Br)ccc2O)CC1C. The van der Waals surface area contributed by atoms with Gasteiger partial charge in [0.05, 0.1) is 0 Å². The fourth-order valence-corrected chi connectivity index (χ4v) is 3.09. The van der Waals surface area contributed by atoms with Crippen molar-refractivity contribution in [1.29, 1.82) is 0 Å². The number of halogens is 1. The number of benzene rings is 1. The Balaban J connectivity index is 1.90. The van der Waals surface area contributed by atoms with Crippen LogP contribution in [-0.4, -0.2) is 11.1 Å². The number of aromatic hydroxyl groups is 1. The molecule has 3 unspecified atom stereocenters. The molecule has 0 radical (unpaired) electrons. The number of phenols is 1. The van der Waals surface area contributed by atoms with Gasteiger partial charge in [0.25, 0.3) is 0 Å². The van der Waals surface area contributed by atoms with Gasteiger partial charge in [0.2, 0.25) is 0 Å². The normalized spacial score (nSPS) is 28.3. The van der Waals surface area contributed by atoms with Crippen molar-refractivity contribution < 1.29 is 5.11 Å². The highest BCUT2D eigenvalue weighted by atomic mass is 79.9. The Hall–Kier alpha value is -0.540. The standard InChI is InChI=1S/C15H22BrNO/c1-10-3-5-14(7-11(10)2)17-9-12-8-13(16)4-6-15(12)18/h4,6,8,10-11,14,17-18H,3,5,7,9H2,1-2H3. The van der Waals surface area contributed by atoms with Gasteiger partial charge < -0.3 is 10.4 Å².